The molecule has 3 aromatic rings. The minimum Gasteiger partial charge on any atom is -0.469 e. The highest BCUT2D eigenvalue weighted by Crippen LogP contribution is 2.27. The number of aromatic amines is 1. The second-order valence-corrected chi connectivity index (χ2v) is 10.5. The summed E-state index contributed by atoms with van der Waals surface area (Å²) in [5, 5.41) is 13.1. The van der Waals surface area contributed by atoms with Crippen molar-refractivity contribution in [3.8, 4) is 0 Å². The highest BCUT2D eigenvalue weighted by atomic mass is 16.6. The smallest absolute Gasteiger partial charge is 0.308 e. The number of hydrogen-bond acceptors (Lipinski definition) is 8. The fraction of sp³-hybridized carbons (Fsp3) is 0.367. The van der Waals surface area contributed by atoms with Gasteiger partial charge in [-0.1, -0.05) is 30.3 Å². The quantitative estimate of drug-likeness (QED) is 0.151. The molecule has 2 heterocycles. The maximum absolute atomic E-state index is 13.4. The van der Waals surface area contributed by atoms with Gasteiger partial charge in [-0.15, -0.1) is 0 Å². The van der Waals surface area contributed by atoms with Crippen molar-refractivity contribution in [1.82, 2.24) is 14.8 Å². The first-order valence-electron chi connectivity index (χ1n) is 13.5. The first kappa shape index (κ1) is 30.4. The third-order valence-electron chi connectivity index (χ3n) is 6.91. The second kappa shape index (κ2) is 12.5. The SMILES string of the molecule is COC(=O)CC(OC(C)(C)O)C(=O)Nc1cccc2c(C(=O)C(=O)N3CCN(C(=O)c4ccccc4)CC3C)c[nH]c12. The number of esters is 1. The maximum Gasteiger partial charge on any atom is 0.308 e. The predicted octanol–water partition coefficient (Wildman–Crippen LogP) is 2.34. The molecule has 4 rings (SSSR count). The molecule has 12 nitrogen and oxygen atoms in total. The van der Waals surface area contributed by atoms with Crippen molar-refractivity contribution >= 4 is 46.1 Å². The Morgan fingerprint density at radius 2 is 1.79 bits per heavy atom. The van der Waals surface area contributed by atoms with E-state index in [0.29, 0.717) is 23.0 Å². The number of fused-ring (bicyclic) bond motifs is 1. The van der Waals surface area contributed by atoms with Crippen LogP contribution < -0.4 is 5.32 Å². The number of piperazine rings is 1. The van der Waals surface area contributed by atoms with Gasteiger partial charge in [0, 0.05) is 42.8 Å². The van der Waals surface area contributed by atoms with Crippen LogP contribution in [0.5, 0.6) is 0 Å². The van der Waals surface area contributed by atoms with Crippen LogP contribution in [0.15, 0.2) is 54.7 Å². The molecule has 1 aromatic heterocycles. The lowest BCUT2D eigenvalue weighted by Crippen LogP contribution is -2.56. The number of ether oxygens (including phenoxy) is 2. The average molecular weight is 579 g/mol. The molecule has 2 atom stereocenters. The van der Waals surface area contributed by atoms with Gasteiger partial charge >= 0.3 is 5.97 Å². The average Bonchev–Trinajstić information content (AvgIpc) is 3.40. The first-order valence-corrected chi connectivity index (χ1v) is 13.5. The Hall–Kier alpha value is -4.55. The highest BCUT2D eigenvalue weighted by Gasteiger charge is 2.35. The number of benzene rings is 2. The van der Waals surface area contributed by atoms with Gasteiger partial charge < -0.3 is 34.7 Å². The minimum atomic E-state index is -1.70. The number of methoxy groups -OCH3 is 1. The van der Waals surface area contributed by atoms with Crippen LogP contribution in [0.4, 0.5) is 5.69 Å². The van der Waals surface area contributed by atoms with Crippen LogP contribution in [0.3, 0.4) is 0 Å². The van der Waals surface area contributed by atoms with Crippen molar-refractivity contribution in [2.75, 3.05) is 32.1 Å². The number of nitrogens with one attached hydrogen (secondary N) is 2. The molecule has 1 aliphatic rings. The van der Waals surface area contributed by atoms with E-state index in [4.69, 9.17) is 4.74 Å². The van der Waals surface area contributed by atoms with E-state index in [1.54, 1.807) is 54.3 Å². The normalized spacial score (nSPS) is 16.2. The summed E-state index contributed by atoms with van der Waals surface area (Å²) >= 11 is 0. The molecule has 1 saturated heterocycles. The number of anilines is 1. The molecule has 0 spiro atoms. The molecule has 12 heteroatoms. The zero-order valence-electron chi connectivity index (χ0n) is 23.9. The number of H-pyrrole nitrogens is 1. The number of nitrogens with zero attached hydrogens (tertiary/aromatic N) is 2. The van der Waals surface area contributed by atoms with Crippen LogP contribution in [0.25, 0.3) is 10.9 Å². The van der Waals surface area contributed by atoms with Gasteiger partial charge in [0.25, 0.3) is 23.5 Å². The molecule has 3 amide bonds. The standard InChI is InChI=1S/C30H34N4O8/c1-18-17-33(28(38)19-9-6-5-7-10-19)13-14-34(18)29(39)26(36)21-16-31-25-20(21)11-8-12-22(25)32-27(37)23(15-24(35)41-4)42-30(2,3)40/h5-12,16,18,23,31,40H,13-15,17H2,1-4H3,(H,32,37). The fourth-order valence-corrected chi connectivity index (χ4v) is 4.88. The van der Waals surface area contributed by atoms with Crippen molar-refractivity contribution in [2.24, 2.45) is 0 Å². The van der Waals surface area contributed by atoms with E-state index < -0.39 is 41.9 Å². The molecule has 0 bridgehead atoms. The van der Waals surface area contributed by atoms with Crippen LogP contribution in [-0.4, -0.2) is 94.0 Å². The largest absolute Gasteiger partial charge is 0.469 e. The highest BCUT2D eigenvalue weighted by molar-refractivity contribution is 6.45. The number of amides is 3. The Kier molecular flexibility index (Phi) is 9.08. The lowest BCUT2D eigenvalue weighted by atomic mass is 10.1. The Labute approximate surface area is 242 Å². The molecular weight excluding hydrogens is 544 g/mol. The monoisotopic (exact) mass is 578 g/mol. The summed E-state index contributed by atoms with van der Waals surface area (Å²) < 4.78 is 9.99. The lowest BCUT2D eigenvalue weighted by Gasteiger charge is -2.39. The predicted molar refractivity (Wildman–Crippen MR) is 153 cm³/mol. The summed E-state index contributed by atoms with van der Waals surface area (Å²) in [7, 11) is 1.17. The molecule has 0 radical (unpaired) electrons. The number of Topliss-reactive ketones (excluding diaryl/α,β-unsaturated/α-hetero) is 1. The number of hydrogen-bond donors (Lipinski definition) is 3. The fourth-order valence-electron chi connectivity index (χ4n) is 4.88. The summed E-state index contributed by atoms with van der Waals surface area (Å²) in [5.74, 6) is -4.68. The molecule has 1 aliphatic heterocycles. The Morgan fingerprint density at radius 1 is 1.07 bits per heavy atom. The zero-order valence-corrected chi connectivity index (χ0v) is 23.9. The van der Waals surface area contributed by atoms with E-state index in [1.165, 1.54) is 32.1 Å². The van der Waals surface area contributed by atoms with Crippen molar-refractivity contribution in [2.45, 2.75) is 45.1 Å². The van der Waals surface area contributed by atoms with Gasteiger partial charge in [-0.3, -0.25) is 24.0 Å². The van der Waals surface area contributed by atoms with E-state index >= 15 is 0 Å². The third-order valence-corrected chi connectivity index (χ3v) is 6.91. The van der Waals surface area contributed by atoms with E-state index in [-0.39, 0.29) is 36.3 Å². The van der Waals surface area contributed by atoms with Crippen LogP contribution in [0.1, 0.15) is 47.9 Å². The summed E-state index contributed by atoms with van der Waals surface area (Å²) in [4.78, 5) is 70.5. The van der Waals surface area contributed by atoms with Gasteiger partial charge in [0.2, 0.25) is 0 Å². The van der Waals surface area contributed by atoms with E-state index in [2.05, 4.69) is 15.0 Å². The van der Waals surface area contributed by atoms with Crippen molar-refractivity contribution in [1.29, 1.82) is 0 Å². The first-order chi connectivity index (χ1) is 19.9. The molecule has 42 heavy (non-hydrogen) atoms. The molecule has 1 fully saturated rings. The van der Waals surface area contributed by atoms with Gasteiger partial charge in [-0.25, -0.2) is 0 Å². The van der Waals surface area contributed by atoms with Crippen LogP contribution in [-0.2, 0) is 23.9 Å². The van der Waals surface area contributed by atoms with Gasteiger partial charge in [0.15, 0.2) is 5.79 Å². The zero-order chi connectivity index (χ0) is 30.6. The number of aliphatic hydroxyl groups is 1. The van der Waals surface area contributed by atoms with E-state index in [9.17, 15) is 29.1 Å². The van der Waals surface area contributed by atoms with Crippen LogP contribution in [0, 0.1) is 0 Å². The van der Waals surface area contributed by atoms with Crippen molar-refractivity contribution in [3.63, 3.8) is 0 Å². The number of para-hydroxylation sites is 1. The van der Waals surface area contributed by atoms with Crippen LogP contribution in [0.2, 0.25) is 0 Å². The Morgan fingerprint density at radius 3 is 2.43 bits per heavy atom. The molecule has 0 aliphatic carbocycles. The Balaban J connectivity index is 1.48. The minimum absolute atomic E-state index is 0.125. The Bertz CT molecular complexity index is 1490. The van der Waals surface area contributed by atoms with Gasteiger partial charge in [-0.2, -0.15) is 0 Å². The summed E-state index contributed by atoms with van der Waals surface area (Å²) in [6.07, 6.45) is -0.396. The number of aromatic nitrogens is 1. The van der Waals surface area contributed by atoms with Gasteiger partial charge in [0.05, 0.1) is 30.3 Å². The maximum atomic E-state index is 13.4. The van der Waals surface area contributed by atoms with Crippen LogP contribution >= 0.6 is 0 Å². The molecule has 222 valence electrons. The molecule has 2 aromatic carbocycles. The number of ketones is 1. The molecule has 2 unspecified atom stereocenters. The van der Waals surface area contributed by atoms with Gasteiger partial charge in [0.1, 0.15) is 6.10 Å². The topological polar surface area (TPSA) is 158 Å². The summed E-state index contributed by atoms with van der Waals surface area (Å²) in [6, 6.07) is 13.3. The van der Waals surface area contributed by atoms with E-state index in [0.717, 1.165) is 0 Å². The lowest BCUT2D eigenvalue weighted by molar-refractivity contribution is -0.208. The summed E-state index contributed by atoms with van der Waals surface area (Å²) in [5.41, 5.74) is 1.35. The summed E-state index contributed by atoms with van der Waals surface area (Å²) in [6.45, 7) is 5.23. The number of carbonyl (C=O) groups is 5. The molecule has 3 N–H and O–H groups in total. The second-order valence-electron chi connectivity index (χ2n) is 10.5. The molecular formula is C30H34N4O8. The third kappa shape index (κ3) is 6.84. The number of carbonyl (C=O) groups excluding carboxylic acids is 5. The van der Waals surface area contributed by atoms with Gasteiger partial charge in [-0.05, 0) is 39.0 Å². The molecule has 0 saturated carbocycles. The number of rotatable bonds is 9. The van der Waals surface area contributed by atoms with Crippen molar-refractivity contribution < 1.29 is 38.6 Å². The van der Waals surface area contributed by atoms with Crippen molar-refractivity contribution in [3.05, 3.63) is 65.9 Å². The van der Waals surface area contributed by atoms with E-state index in [1.807, 2.05) is 6.07 Å².